The van der Waals surface area contributed by atoms with Crippen molar-refractivity contribution >= 4 is 22.6 Å². The van der Waals surface area contributed by atoms with Crippen LogP contribution in [0.4, 0.5) is 5.69 Å². The minimum atomic E-state index is -0.271. The number of anilines is 1. The van der Waals surface area contributed by atoms with Gasteiger partial charge in [-0.1, -0.05) is 6.07 Å². The third-order valence-electron chi connectivity index (χ3n) is 3.37. The summed E-state index contributed by atoms with van der Waals surface area (Å²) in [5, 5.41) is 16.8. The Morgan fingerprint density at radius 2 is 2.18 bits per heavy atom. The van der Waals surface area contributed by atoms with Crippen molar-refractivity contribution in [2.45, 2.75) is 6.92 Å². The maximum Gasteiger partial charge on any atom is 0.257 e. The molecule has 1 aromatic carbocycles. The molecule has 2 heterocycles. The predicted molar refractivity (Wildman–Crippen MR) is 82.4 cm³/mol. The SMILES string of the molecule is Cc1nn(C)c2ncc(C(=O)Nc3cccc(C#N)c3)cc12. The van der Waals surface area contributed by atoms with E-state index in [1.165, 1.54) is 6.20 Å². The Labute approximate surface area is 127 Å². The number of carbonyl (C=O) groups is 1. The summed E-state index contributed by atoms with van der Waals surface area (Å²) in [4.78, 5) is 16.6. The molecule has 2 aromatic heterocycles. The summed E-state index contributed by atoms with van der Waals surface area (Å²) >= 11 is 0. The van der Waals surface area contributed by atoms with Crippen LogP contribution in [0.3, 0.4) is 0 Å². The van der Waals surface area contributed by atoms with Gasteiger partial charge in [0.05, 0.1) is 22.9 Å². The van der Waals surface area contributed by atoms with E-state index >= 15 is 0 Å². The highest BCUT2D eigenvalue weighted by atomic mass is 16.1. The topological polar surface area (TPSA) is 83.6 Å². The molecule has 0 aliphatic rings. The fourth-order valence-corrected chi connectivity index (χ4v) is 2.30. The average Bonchev–Trinajstić information content (AvgIpc) is 2.81. The Bertz CT molecular complexity index is 920. The van der Waals surface area contributed by atoms with Gasteiger partial charge in [-0.2, -0.15) is 10.4 Å². The van der Waals surface area contributed by atoms with Gasteiger partial charge in [-0.15, -0.1) is 0 Å². The van der Waals surface area contributed by atoms with Crippen LogP contribution in [-0.4, -0.2) is 20.7 Å². The lowest BCUT2D eigenvalue weighted by Gasteiger charge is -2.05. The summed E-state index contributed by atoms with van der Waals surface area (Å²) in [7, 11) is 1.81. The van der Waals surface area contributed by atoms with Crippen LogP contribution in [0.2, 0.25) is 0 Å². The number of carbonyl (C=O) groups excluding carboxylic acids is 1. The third kappa shape index (κ3) is 2.40. The van der Waals surface area contributed by atoms with Gasteiger partial charge < -0.3 is 5.32 Å². The highest BCUT2D eigenvalue weighted by Crippen LogP contribution is 2.18. The lowest BCUT2D eigenvalue weighted by atomic mass is 10.2. The summed E-state index contributed by atoms with van der Waals surface area (Å²) in [6, 6.07) is 10.6. The number of nitrogens with one attached hydrogen (secondary N) is 1. The Morgan fingerprint density at radius 3 is 2.95 bits per heavy atom. The van der Waals surface area contributed by atoms with Crippen molar-refractivity contribution in [1.29, 1.82) is 5.26 Å². The van der Waals surface area contributed by atoms with Crippen molar-refractivity contribution in [1.82, 2.24) is 14.8 Å². The molecule has 1 amide bonds. The van der Waals surface area contributed by atoms with Gasteiger partial charge in [0.2, 0.25) is 0 Å². The molecule has 0 aliphatic carbocycles. The summed E-state index contributed by atoms with van der Waals surface area (Å²) in [6.45, 7) is 1.88. The zero-order valence-electron chi connectivity index (χ0n) is 12.2. The van der Waals surface area contributed by atoms with Gasteiger partial charge in [-0.05, 0) is 31.2 Å². The fraction of sp³-hybridized carbons (Fsp3) is 0.125. The number of amides is 1. The molecule has 22 heavy (non-hydrogen) atoms. The van der Waals surface area contributed by atoms with Crippen LogP contribution in [0.1, 0.15) is 21.6 Å². The molecule has 0 aliphatic heterocycles. The van der Waals surface area contributed by atoms with Gasteiger partial charge in [0, 0.05) is 24.3 Å². The van der Waals surface area contributed by atoms with Crippen molar-refractivity contribution in [3.63, 3.8) is 0 Å². The van der Waals surface area contributed by atoms with E-state index in [1.807, 2.05) is 20.0 Å². The second-order valence-electron chi connectivity index (χ2n) is 4.95. The molecule has 3 aromatic rings. The summed E-state index contributed by atoms with van der Waals surface area (Å²) < 4.78 is 1.68. The largest absolute Gasteiger partial charge is 0.322 e. The van der Waals surface area contributed by atoms with Crippen LogP contribution in [-0.2, 0) is 7.05 Å². The van der Waals surface area contributed by atoms with Crippen LogP contribution < -0.4 is 5.32 Å². The zero-order chi connectivity index (χ0) is 15.7. The lowest BCUT2D eigenvalue weighted by molar-refractivity contribution is 0.102. The Morgan fingerprint density at radius 1 is 1.36 bits per heavy atom. The number of hydrogen-bond donors (Lipinski definition) is 1. The van der Waals surface area contributed by atoms with Crippen LogP contribution >= 0.6 is 0 Å². The molecular weight excluding hydrogens is 278 g/mol. The Balaban J connectivity index is 1.92. The molecule has 0 bridgehead atoms. The minimum absolute atomic E-state index is 0.271. The molecule has 0 radical (unpaired) electrons. The maximum atomic E-state index is 12.3. The molecule has 6 heteroatoms. The standard InChI is InChI=1S/C16H13N5O/c1-10-14-7-12(9-18-15(14)21(2)20-10)16(22)19-13-5-3-4-11(6-13)8-17/h3-7,9H,1-2H3,(H,19,22). The quantitative estimate of drug-likeness (QED) is 0.785. The number of fused-ring (bicyclic) bond motifs is 1. The van der Waals surface area contributed by atoms with E-state index in [1.54, 1.807) is 35.0 Å². The minimum Gasteiger partial charge on any atom is -0.322 e. The summed E-state index contributed by atoms with van der Waals surface area (Å²) in [5.74, 6) is -0.271. The van der Waals surface area contributed by atoms with E-state index < -0.39 is 0 Å². The molecule has 0 saturated carbocycles. The normalized spacial score (nSPS) is 10.4. The number of aromatic nitrogens is 3. The molecule has 0 unspecified atom stereocenters. The summed E-state index contributed by atoms with van der Waals surface area (Å²) in [5.41, 5.74) is 3.08. The fourth-order valence-electron chi connectivity index (χ4n) is 2.30. The highest BCUT2D eigenvalue weighted by molar-refractivity contribution is 6.05. The van der Waals surface area contributed by atoms with E-state index in [0.717, 1.165) is 16.7 Å². The lowest BCUT2D eigenvalue weighted by Crippen LogP contribution is -2.12. The summed E-state index contributed by atoms with van der Waals surface area (Å²) in [6.07, 6.45) is 1.52. The van der Waals surface area contributed by atoms with E-state index in [-0.39, 0.29) is 5.91 Å². The first kappa shape index (κ1) is 13.8. The van der Waals surface area contributed by atoms with Gasteiger partial charge in [-0.3, -0.25) is 9.48 Å². The first-order chi connectivity index (χ1) is 10.6. The van der Waals surface area contributed by atoms with Gasteiger partial charge in [0.15, 0.2) is 5.65 Å². The van der Waals surface area contributed by atoms with Gasteiger partial charge in [0.25, 0.3) is 5.91 Å². The molecule has 3 rings (SSSR count). The van der Waals surface area contributed by atoms with Crippen LogP contribution in [0.15, 0.2) is 36.5 Å². The highest BCUT2D eigenvalue weighted by Gasteiger charge is 2.12. The number of hydrogen-bond acceptors (Lipinski definition) is 4. The van der Waals surface area contributed by atoms with Crippen LogP contribution in [0.5, 0.6) is 0 Å². The first-order valence-corrected chi connectivity index (χ1v) is 6.69. The molecule has 108 valence electrons. The van der Waals surface area contributed by atoms with Gasteiger partial charge in [0.1, 0.15) is 0 Å². The molecule has 0 saturated heterocycles. The first-order valence-electron chi connectivity index (χ1n) is 6.69. The molecule has 1 N–H and O–H groups in total. The number of nitrogens with zero attached hydrogens (tertiary/aromatic N) is 4. The maximum absolute atomic E-state index is 12.3. The predicted octanol–water partition coefficient (Wildman–Crippen LogP) is 2.40. The van der Waals surface area contributed by atoms with Crippen LogP contribution in [0, 0.1) is 18.3 Å². The number of nitriles is 1. The number of aryl methyl sites for hydroxylation is 2. The van der Waals surface area contributed by atoms with Crippen molar-refractivity contribution in [3.05, 3.63) is 53.3 Å². The van der Waals surface area contributed by atoms with Crippen LogP contribution in [0.25, 0.3) is 11.0 Å². The molecule has 0 atom stereocenters. The molecule has 0 spiro atoms. The molecule has 0 fully saturated rings. The van der Waals surface area contributed by atoms with Crippen molar-refractivity contribution in [2.75, 3.05) is 5.32 Å². The van der Waals surface area contributed by atoms with E-state index in [0.29, 0.717) is 16.8 Å². The second kappa shape index (κ2) is 5.30. The zero-order valence-corrected chi connectivity index (χ0v) is 12.2. The van der Waals surface area contributed by atoms with Gasteiger partial charge >= 0.3 is 0 Å². The van der Waals surface area contributed by atoms with E-state index in [9.17, 15) is 4.79 Å². The number of rotatable bonds is 2. The molecule has 6 nitrogen and oxygen atoms in total. The third-order valence-corrected chi connectivity index (χ3v) is 3.37. The number of pyridine rings is 1. The molecular formula is C16H13N5O. The van der Waals surface area contributed by atoms with Gasteiger partial charge in [-0.25, -0.2) is 4.98 Å². The second-order valence-corrected chi connectivity index (χ2v) is 4.95. The average molecular weight is 291 g/mol. The van der Waals surface area contributed by atoms with Crippen molar-refractivity contribution < 1.29 is 4.79 Å². The smallest absolute Gasteiger partial charge is 0.257 e. The van der Waals surface area contributed by atoms with Crippen molar-refractivity contribution in [3.8, 4) is 6.07 Å². The monoisotopic (exact) mass is 291 g/mol. The Kier molecular flexibility index (Phi) is 3.31. The van der Waals surface area contributed by atoms with Crippen molar-refractivity contribution in [2.24, 2.45) is 7.05 Å². The number of benzene rings is 1. The van der Waals surface area contributed by atoms with E-state index in [2.05, 4.69) is 15.4 Å². The van der Waals surface area contributed by atoms with E-state index in [4.69, 9.17) is 5.26 Å². The Hall–Kier alpha value is -3.20.